The van der Waals surface area contributed by atoms with Crippen LogP contribution in [0.1, 0.15) is 17.7 Å². The van der Waals surface area contributed by atoms with Gasteiger partial charge in [0.15, 0.2) is 0 Å². The highest BCUT2D eigenvalue weighted by Gasteiger charge is 2.06. The van der Waals surface area contributed by atoms with E-state index in [0.29, 0.717) is 18.7 Å². The molecule has 0 saturated heterocycles. The Bertz CT molecular complexity index is 1150. The number of amides is 1. The van der Waals surface area contributed by atoms with Gasteiger partial charge in [0, 0.05) is 36.3 Å². The molecule has 6 heteroatoms. The van der Waals surface area contributed by atoms with Gasteiger partial charge in [0.1, 0.15) is 0 Å². The van der Waals surface area contributed by atoms with Gasteiger partial charge in [0.2, 0.25) is 5.91 Å². The van der Waals surface area contributed by atoms with Crippen LogP contribution in [0, 0.1) is 6.92 Å². The quantitative estimate of drug-likeness (QED) is 0.439. The monoisotopic (exact) mass is 357 g/mol. The van der Waals surface area contributed by atoms with Crippen LogP contribution < -0.4 is 5.43 Å². The molecule has 3 aromatic heterocycles. The van der Waals surface area contributed by atoms with Crippen molar-refractivity contribution in [3.63, 3.8) is 0 Å². The third-order valence-corrected chi connectivity index (χ3v) is 4.43. The molecule has 3 heterocycles. The maximum Gasteiger partial charge on any atom is 0.241 e. The van der Waals surface area contributed by atoms with Crippen molar-refractivity contribution in [2.75, 3.05) is 0 Å². The highest BCUT2D eigenvalue weighted by molar-refractivity contribution is 5.85. The number of carbonyl (C=O) groups is 1. The second-order valence-corrected chi connectivity index (χ2v) is 6.34. The smallest absolute Gasteiger partial charge is 0.241 e. The molecular weight excluding hydrogens is 338 g/mol. The standard InChI is InChI=1S/C21H19N5O/c1-15-14-26(20-7-3-2-5-17(15)20)12-10-21(27)25-23-13-16-8-9-18-19(24-16)6-4-11-22-18/h2-9,11,13-14H,10,12H2,1H3,(H,25,27)/b23-13-. The van der Waals surface area contributed by atoms with E-state index in [-0.39, 0.29) is 5.91 Å². The number of aromatic nitrogens is 3. The lowest BCUT2D eigenvalue weighted by Crippen LogP contribution is -2.19. The van der Waals surface area contributed by atoms with Crippen LogP contribution in [0.25, 0.3) is 21.9 Å². The summed E-state index contributed by atoms with van der Waals surface area (Å²) in [6.45, 7) is 2.69. The molecule has 6 nitrogen and oxygen atoms in total. The highest BCUT2D eigenvalue weighted by Crippen LogP contribution is 2.20. The molecule has 0 atom stereocenters. The topological polar surface area (TPSA) is 72.2 Å². The molecule has 0 saturated carbocycles. The normalized spacial score (nSPS) is 11.4. The number of benzene rings is 1. The average Bonchev–Trinajstić information content (AvgIpc) is 3.02. The Balaban J connectivity index is 1.36. The zero-order valence-corrected chi connectivity index (χ0v) is 15.0. The fourth-order valence-corrected chi connectivity index (χ4v) is 3.11. The number of pyridine rings is 2. The lowest BCUT2D eigenvalue weighted by molar-refractivity contribution is -0.121. The Labute approximate surface area is 156 Å². The van der Waals surface area contributed by atoms with Gasteiger partial charge in [-0.15, -0.1) is 0 Å². The number of hydrazone groups is 1. The van der Waals surface area contributed by atoms with E-state index in [0.717, 1.165) is 16.6 Å². The molecule has 0 aliphatic rings. The van der Waals surface area contributed by atoms with E-state index in [4.69, 9.17) is 0 Å². The molecule has 0 bridgehead atoms. The molecular formula is C21H19N5O. The van der Waals surface area contributed by atoms with Gasteiger partial charge in [0.25, 0.3) is 0 Å². The predicted octanol–water partition coefficient (Wildman–Crippen LogP) is 3.43. The molecule has 1 amide bonds. The Morgan fingerprint density at radius 3 is 2.96 bits per heavy atom. The van der Waals surface area contributed by atoms with Gasteiger partial charge in [-0.1, -0.05) is 18.2 Å². The van der Waals surface area contributed by atoms with Crippen LogP contribution in [0.4, 0.5) is 0 Å². The van der Waals surface area contributed by atoms with Crippen molar-refractivity contribution in [1.82, 2.24) is 20.0 Å². The summed E-state index contributed by atoms with van der Waals surface area (Å²) >= 11 is 0. The van der Waals surface area contributed by atoms with Crippen LogP contribution in [0.2, 0.25) is 0 Å². The maximum atomic E-state index is 12.1. The molecule has 0 aliphatic heterocycles. The van der Waals surface area contributed by atoms with Crippen molar-refractivity contribution in [3.05, 3.63) is 72.2 Å². The van der Waals surface area contributed by atoms with Crippen molar-refractivity contribution in [1.29, 1.82) is 0 Å². The van der Waals surface area contributed by atoms with Gasteiger partial charge in [-0.3, -0.25) is 9.78 Å². The van der Waals surface area contributed by atoms with E-state index in [2.05, 4.69) is 50.3 Å². The number of hydrogen-bond donors (Lipinski definition) is 1. The molecule has 0 radical (unpaired) electrons. The maximum absolute atomic E-state index is 12.1. The van der Waals surface area contributed by atoms with Crippen LogP contribution >= 0.6 is 0 Å². The fourth-order valence-electron chi connectivity index (χ4n) is 3.11. The van der Waals surface area contributed by atoms with Crippen LogP contribution in [-0.2, 0) is 11.3 Å². The van der Waals surface area contributed by atoms with Crippen molar-refractivity contribution in [2.45, 2.75) is 19.9 Å². The van der Waals surface area contributed by atoms with Crippen molar-refractivity contribution < 1.29 is 4.79 Å². The number of rotatable bonds is 5. The van der Waals surface area contributed by atoms with E-state index < -0.39 is 0 Å². The Morgan fingerprint density at radius 2 is 2.04 bits per heavy atom. The lowest BCUT2D eigenvalue weighted by Gasteiger charge is -2.04. The zero-order chi connectivity index (χ0) is 18.6. The summed E-state index contributed by atoms with van der Waals surface area (Å²) < 4.78 is 2.10. The van der Waals surface area contributed by atoms with Gasteiger partial charge < -0.3 is 4.57 Å². The lowest BCUT2D eigenvalue weighted by atomic mass is 10.2. The number of carbonyl (C=O) groups excluding carboxylic acids is 1. The first-order chi connectivity index (χ1) is 13.2. The first-order valence-electron chi connectivity index (χ1n) is 8.79. The average molecular weight is 357 g/mol. The van der Waals surface area contributed by atoms with Crippen LogP contribution in [0.3, 0.4) is 0 Å². The molecule has 0 fully saturated rings. The number of para-hydroxylation sites is 1. The molecule has 0 aliphatic carbocycles. The zero-order valence-electron chi connectivity index (χ0n) is 15.0. The predicted molar refractivity (Wildman–Crippen MR) is 107 cm³/mol. The fraction of sp³-hybridized carbons (Fsp3) is 0.143. The molecule has 0 spiro atoms. The van der Waals surface area contributed by atoms with Gasteiger partial charge in [-0.2, -0.15) is 5.10 Å². The highest BCUT2D eigenvalue weighted by atomic mass is 16.2. The van der Waals surface area contributed by atoms with Gasteiger partial charge in [0.05, 0.1) is 22.9 Å². The number of fused-ring (bicyclic) bond motifs is 2. The Kier molecular flexibility index (Phi) is 4.61. The SMILES string of the molecule is Cc1cn(CCC(=O)N/N=C\c2ccc3ncccc3n2)c2ccccc12. The summed E-state index contributed by atoms with van der Waals surface area (Å²) in [6.07, 6.45) is 5.70. The second kappa shape index (κ2) is 7.37. The van der Waals surface area contributed by atoms with Crippen LogP contribution in [-0.4, -0.2) is 26.7 Å². The molecule has 0 unspecified atom stereocenters. The Morgan fingerprint density at radius 1 is 1.15 bits per heavy atom. The van der Waals surface area contributed by atoms with E-state index in [9.17, 15) is 4.79 Å². The van der Waals surface area contributed by atoms with Crippen LogP contribution in [0.5, 0.6) is 0 Å². The largest absolute Gasteiger partial charge is 0.347 e. The van der Waals surface area contributed by atoms with Crippen molar-refractivity contribution >= 4 is 34.1 Å². The summed E-state index contributed by atoms with van der Waals surface area (Å²) in [5, 5.41) is 5.23. The Hall–Kier alpha value is -3.54. The summed E-state index contributed by atoms with van der Waals surface area (Å²) in [5.74, 6) is -0.135. The summed E-state index contributed by atoms with van der Waals surface area (Å²) in [5.41, 5.74) is 7.20. The third-order valence-electron chi connectivity index (χ3n) is 4.43. The van der Waals surface area contributed by atoms with Gasteiger partial charge >= 0.3 is 0 Å². The minimum Gasteiger partial charge on any atom is -0.347 e. The van der Waals surface area contributed by atoms with Crippen molar-refractivity contribution in [3.8, 4) is 0 Å². The minimum absolute atomic E-state index is 0.135. The summed E-state index contributed by atoms with van der Waals surface area (Å²) in [7, 11) is 0. The van der Waals surface area contributed by atoms with E-state index in [1.54, 1.807) is 12.4 Å². The van der Waals surface area contributed by atoms with E-state index in [1.807, 2.05) is 36.4 Å². The molecule has 4 rings (SSSR count). The second-order valence-electron chi connectivity index (χ2n) is 6.34. The first kappa shape index (κ1) is 16.9. The van der Waals surface area contributed by atoms with Gasteiger partial charge in [-0.25, -0.2) is 10.4 Å². The number of nitrogens with one attached hydrogen (secondary N) is 1. The molecule has 134 valence electrons. The summed E-state index contributed by atoms with van der Waals surface area (Å²) in [6, 6.07) is 15.6. The minimum atomic E-state index is -0.135. The molecule has 4 aromatic rings. The molecule has 1 N–H and O–H groups in total. The summed E-state index contributed by atoms with van der Waals surface area (Å²) in [4.78, 5) is 20.8. The van der Waals surface area contributed by atoms with E-state index >= 15 is 0 Å². The van der Waals surface area contributed by atoms with Crippen LogP contribution in [0.15, 0.2) is 66.0 Å². The first-order valence-corrected chi connectivity index (χ1v) is 8.79. The number of nitrogens with zero attached hydrogens (tertiary/aromatic N) is 4. The number of aryl methyl sites for hydroxylation is 2. The molecule has 1 aromatic carbocycles. The van der Waals surface area contributed by atoms with Gasteiger partial charge in [-0.05, 0) is 42.8 Å². The molecule has 27 heavy (non-hydrogen) atoms. The number of hydrogen-bond acceptors (Lipinski definition) is 4. The van der Waals surface area contributed by atoms with Crippen molar-refractivity contribution in [2.24, 2.45) is 5.10 Å². The van der Waals surface area contributed by atoms with E-state index in [1.165, 1.54) is 10.9 Å². The third kappa shape index (κ3) is 3.69.